The van der Waals surface area contributed by atoms with Crippen molar-refractivity contribution in [3.05, 3.63) is 34.9 Å². The second-order valence-electron chi connectivity index (χ2n) is 9.52. The van der Waals surface area contributed by atoms with E-state index in [1.807, 2.05) is 26.8 Å². The van der Waals surface area contributed by atoms with E-state index in [0.717, 1.165) is 11.1 Å². The average molecular weight is 493 g/mol. The molecule has 1 spiro atoms. The summed E-state index contributed by atoms with van der Waals surface area (Å²) in [5.74, 6) is 0.370. The lowest BCUT2D eigenvalue weighted by atomic mass is 9.89. The zero-order valence-electron chi connectivity index (χ0n) is 20.8. The van der Waals surface area contributed by atoms with Crippen LogP contribution >= 0.6 is 0 Å². The highest BCUT2D eigenvalue weighted by molar-refractivity contribution is 7.89. The van der Waals surface area contributed by atoms with Gasteiger partial charge in [-0.1, -0.05) is 6.07 Å². The van der Waals surface area contributed by atoms with E-state index in [2.05, 4.69) is 10.3 Å². The predicted octanol–water partition coefficient (Wildman–Crippen LogP) is 1.75. The molecule has 0 radical (unpaired) electrons. The van der Waals surface area contributed by atoms with Gasteiger partial charge in [0.05, 0.1) is 18.5 Å². The molecule has 1 saturated heterocycles. The Morgan fingerprint density at radius 3 is 2.50 bits per heavy atom. The first-order chi connectivity index (χ1) is 15.9. The number of benzene rings is 1. The molecule has 2 heterocycles. The van der Waals surface area contributed by atoms with E-state index in [1.165, 1.54) is 9.21 Å². The molecule has 0 aliphatic carbocycles. The monoisotopic (exact) mass is 492 g/mol. The van der Waals surface area contributed by atoms with Gasteiger partial charge >= 0.3 is 0 Å². The Hall–Kier alpha value is -2.30. The summed E-state index contributed by atoms with van der Waals surface area (Å²) >= 11 is 0. The summed E-state index contributed by atoms with van der Waals surface area (Å²) in [4.78, 5) is 30.9. The molecule has 3 rings (SSSR count). The van der Waals surface area contributed by atoms with E-state index >= 15 is 0 Å². The first-order valence-corrected chi connectivity index (χ1v) is 13.4. The van der Waals surface area contributed by atoms with Crippen LogP contribution < -0.4 is 5.32 Å². The Balaban J connectivity index is 1.57. The topological polar surface area (TPSA) is 108 Å². The van der Waals surface area contributed by atoms with Gasteiger partial charge in [-0.2, -0.15) is 0 Å². The van der Waals surface area contributed by atoms with Crippen LogP contribution in [0.4, 0.5) is 0 Å². The van der Waals surface area contributed by atoms with Crippen molar-refractivity contribution in [2.75, 3.05) is 39.5 Å². The van der Waals surface area contributed by atoms with E-state index in [9.17, 15) is 18.0 Å². The molecule has 1 aromatic rings. The van der Waals surface area contributed by atoms with E-state index in [4.69, 9.17) is 4.74 Å². The van der Waals surface area contributed by atoms with Crippen molar-refractivity contribution in [3.8, 4) is 0 Å². The summed E-state index contributed by atoms with van der Waals surface area (Å²) in [6.45, 7) is 6.81. The zero-order valence-corrected chi connectivity index (χ0v) is 21.6. The fourth-order valence-corrected chi connectivity index (χ4v) is 5.78. The minimum atomic E-state index is -3.48. The van der Waals surface area contributed by atoms with Gasteiger partial charge in [0.25, 0.3) is 11.8 Å². The number of rotatable bonds is 9. The number of carbonyl (C=O) groups is 2. The van der Waals surface area contributed by atoms with Gasteiger partial charge in [0.2, 0.25) is 10.0 Å². The normalized spacial score (nSPS) is 18.3. The molecule has 1 N–H and O–H groups in total. The molecule has 2 aliphatic heterocycles. The van der Waals surface area contributed by atoms with Gasteiger partial charge in [-0.3, -0.25) is 14.6 Å². The van der Waals surface area contributed by atoms with E-state index in [0.29, 0.717) is 43.7 Å². The molecule has 0 aromatic heterocycles. The summed E-state index contributed by atoms with van der Waals surface area (Å²) in [6, 6.07) is 5.37. The van der Waals surface area contributed by atoms with Gasteiger partial charge in [0.1, 0.15) is 11.4 Å². The Morgan fingerprint density at radius 2 is 1.91 bits per heavy atom. The number of aryl methyl sites for hydroxylation is 2. The Morgan fingerprint density at radius 1 is 1.24 bits per heavy atom. The summed E-state index contributed by atoms with van der Waals surface area (Å²) in [7, 11) is -0.0853. The molecule has 2 aliphatic rings. The van der Waals surface area contributed by atoms with Crippen LogP contribution in [0.15, 0.2) is 23.2 Å². The molecule has 9 nitrogen and oxygen atoms in total. The third-order valence-corrected chi connectivity index (χ3v) is 8.26. The van der Waals surface area contributed by atoms with Gasteiger partial charge in [-0.25, -0.2) is 12.7 Å². The Bertz CT molecular complexity index is 1060. The summed E-state index contributed by atoms with van der Waals surface area (Å²) in [5.41, 5.74) is 1.51. The number of hydrogen-bond donors (Lipinski definition) is 1. The number of hydrogen-bond acceptors (Lipinski definition) is 6. The molecular formula is C24H36N4O5S. The fourth-order valence-electron chi connectivity index (χ4n) is 4.30. The predicted molar refractivity (Wildman–Crippen MR) is 132 cm³/mol. The largest absolute Gasteiger partial charge is 0.378 e. The molecule has 10 heteroatoms. The molecular weight excluding hydrogens is 456 g/mol. The van der Waals surface area contributed by atoms with Crippen molar-refractivity contribution in [2.24, 2.45) is 4.99 Å². The molecule has 0 atom stereocenters. The minimum Gasteiger partial charge on any atom is -0.378 e. The first-order valence-electron chi connectivity index (χ1n) is 11.7. The molecule has 1 fully saturated rings. The smallest absolute Gasteiger partial charge is 0.253 e. The quantitative estimate of drug-likeness (QED) is 0.565. The van der Waals surface area contributed by atoms with Crippen molar-refractivity contribution in [3.63, 3.8) is 0 Å². The highest BCUT2D eigenvalue weighted by atomic mass is 32.2. The van der Waals surface area contributed by atoms with Gasteiger partial charge in [-0.15, -0.1) is 0 Å². The summed E-state index contributed by atoms with van der Waals surface area (Å²) in [5, 5.41) is 2.85. The third-order valence-electron chi connectivity index (χ3n) is 6.39. The highest BCUT2D eigenvalue weighted by Gasteiger charge is 2.47. The van der Waals surface area contributed by atoms with Crippen LogP contribution in [0.3, 0.4) is 0 Å². The molecule has 0 unspecified atom stereocenters. The minimum absolute atomic E-state index is 0.0188. The second kappa shape index (κ2) is 10.5. The Labute approximate surface area is 202 Å². The molecule has 0 bridgehead atoms. The molecule has 34 heavy (non-hydrogen) atoms. The lowest BCUT2D eigenvalue weighted by Crippen LogP contribution is -2.50. The summed E-state index contributed by atoms with van der Waals surface area (Å²) in [6.07, 6.45) is 1.75. The van der Waals surface area contributed by atoms with Gasteiger partial charge < -0.3 is 15.0 Å². The average Bonchev–Trinajstić information content (AvgIpc) is 3.06. The maximum atomic E-state index is 13.0. The van der Waals surface area contributed by atoms with Crippen LogP contribution in [0.5, 0.6) is 0 Å². The Kier molecular flexibility index (Phi) is 8.15. The van der Waals surface area contributed by atoms with Gasteiger partial charge in [0, 0.05) is 39.2 Å². The number of sulfonamides is 1. The fraction of sp³-hybridized carbons (Fsp3) is 0.625. The van der Waals surface area contributed by atoms with Crippen LogP contribution in [0.25, 0.3) is 0 Å². The van der Waals surface area contributed by atoms with Crippen LogP contribution in [0, 0.1) is 6.92 Å². The third kappa shape index (κ3) is 6.03. The lowest BCUT2D eigenvalue weighted by molar-refractivity contribution is -0.124. The van der Waals surface area contributed by atoms with Crippen LogP contribution in [-0.4, -0.2) is 86.5 Å². The number of piperidine rings is 1. The summed E-state index contributed by atoms with van der Waals surface area (Å²) < 4.78 is 33.0. The maximum absolute atomic E-state index is 13.0. The number of amides is 2. The zero-order chi connectivity index (χ0) is 25.1. The van der Waals surface area contributed by atoms with Gasteiger partial charge in [0.15, 0.2) is 0 Å². The van der Waals surface area contributed by atoms with Crippen LogP contribution in [0.2, 0.25) is 0 Å². The van der Waals surface area contributed by atoms with Crippen molar-refractivity contribution in [1.29, 1.82) is 0 Å². The SMILES string of the molecule is Cc1cc(C(=O)N(C)C)ccc1CCS(=O)(=O)N1CCC2(CC1)N=C(CCOC(C)C)NC2=O. The maximum Gasteiger partial charge on any atom is 0.253 e. The number of nitrogens with zero attached hydrogens (tertiary/aromatic N) is 3. The lowest BCUT2D eigenvalue weighted by Gasteiger charge is -2.34. The van der Waals surface area contributed by atoms with Crippen molar-refractivity contribution in [2.45, 2.75) is 58.1 Å². The van der Waals surface area contributed by atoms with Crippen LogP contribution in [0.1, 0.15) is 54.6 Å². The van der Waals surface area contributed by atoms with E-state index in [1.54, 1.807) is 26.2 Å². The van der Waals surface area contributed by atoms with E-state index in [-0.39, 0.29) is 36.8 Å². The molecule has 0 saturated carbocycles. The first kappa shape index (κ1) is 26.3. The van der Waals surface area contributed by atoms with Crippen molar-refractivity contribution >= 4 is 27.7 Å². The molecule has 188 valence electrons. The number of ether oxygens (including phenoxy) is 1. The number of carbonyl (C=O) groups excluding carboxylic acids is 2. The highest BCUT2D eigenvalue weighted by Crippen LogP contribution is 2.31. The molecule has 1 aromatic carbocycles. The second-order valence-corrected chi connectivity index (χ2v) is 11.6. The molecule has 2 amide bonds. The van der Waals surface area contributed by atoms with Crippen molar-refractivity contribution < 1.29 is 22.7 Å². The number of aliphatic imine (C=N–C) groups is 1. The van der Waals surface area contributed by atoms with Gasteiger partial charge in [-0.05, 0) is 63.3 Å². The number of nitrogens with one attached hydrogen (secondary N) is 1. The van der Waals surface area contributed by atoms with E-state index < -0.39 is 15.6 Å². The standard InChI is InChI=1S/C24H36N4O5S/c1-17(2)33-14-8-21-25-23(30)24(26-21)10-12-28(13-11-24)34(31,32)15-9-19-6-7-20(16-18(19)3)22(29)27(4)5/h6-7,16-17H,8-15H2,1-5H3,(H,25,26,30). The van der Waals surface area contributed by atoms with Crippen molar-refractivity contribution in [1.82, 2.24) is 14.5 Å². The van der Waals surface area contributed by atoms with Crippen LogP contribution in [-0.2, 0) is 26.0 Å². The number of amidine groups is 1.